The highest BCUT2D eigenvalue weighted by molar-refractivity contribution is 7.91. The van der Waals surface area contributed by atoms with Crippen molar-refractivity contribution in [2.45, 2.75) is 37.6 Å². The maximum absolute atomic E-state index is 13.4. The molecule has 0 spiro atoms. The number of benzene rings is 1. The van der Waals surface area contributed by atoms with Gasteiger partial charge in [-0.15, -0.1) is 0 Å². The summed E-state index contributed by atoms with van der Waals surface area (Å²) in [6, 6.07) is 6.54. The largest absolute Gasteiger partial charge is 0.381 e. The fourth-order valence-electron chi connectivity index (χ4n) is 3.76. The van der Waals surface area contributed by atoms with E-state index in [9.17, 15) is 12.8 Å². The molecule has 0 aromatic heterocycles. The molecule has 27 heavy (non-hydrogen) atoms. The van der Waals surface area contributed by atoms with Gasteiger partial charge >= 0.3 is 0 Å². The lowest BCUT2D eigenvalue weighted by Gasteiger charge is -2.36. The number of nitrogens with zero attached hydrogens (tertiary/aromatic N) is 1. The molecule has 1 aromatic carbocycles. The zero-order valence-corrected chi connectivity index (χ0v) is 16.5. The number of hydrogen-bond acceptors (Lipinski definition) is 4. The van der Waals surface area contributed by atoms with Crippen LogP contribution in [-0.4, -0.2) is 58.2 Å². The first-order valence-corrected chi connectivity index (χ1v) is 11.3. The Morgan fingerprint density at radius 2 is 2.00 bits per heavy atom. The Hall–Kier alpha value is -1.67. The van der Waals surface area contributed by atoms with Crippen molar-refractivity contribution < 1.29 is 17.5 Å². The van der Waals surface area contributed by atoms with Crippen molar-refractivity contribution >= 4 is 15.8 Å². The molecule has 0 saturated carbocycles. The first-order valence-electron chi connectivity index (χ1n) is 9.51. The van der Waals surface area contributed by atoms with Gasteiger partial charge < -0.3 is 15.4 Å². The summed E-state index contributed by atoms with van der Waals surface area (Å²) in [5.41, 5.74) is 0.867. The Balaban J connectivity index is 1.77. The zero-order chi connectivity index (χ0) is 19.3. The average Bonchev–Trinajstić information content (AvgIpc) is 3.00. The van der Waals surface area contributed by atoms with Crippen LogP contribution in [0.25, 0.3) is 0 Å². The minimum Gasteiger partial charge on any atom is -0.381 e. The van der Waals surface area contributed by atoms with Crippen LogP contribution in [0, 0.1) is 5.82 Å². The lowest BCUT2D eigenvalue weighted by Crippen LogP contribution is -2.45. The first kappa shape index (κ1) is 20.1. The van der Waals surface area contributed by atoms with Crippen molar-refractivity contribution in [2.24, 2.45) is 4.99 Å². The monoisotopic (exact) mass is 397 g/mol. The van der Waals surface area contributed by atoms with Crippen LogP contribution in [0.3, 0.4) is 0 Å². The molecule has 8 heteroatoms. The molecule has 2 saturated heterocycles. The Bertz CT molecular complexity index is 759. The van der Waals surface area contributed by atoms with Crippen LogP contribution in [0.5, 0.6) is 0 Å². The van der Waals surface area contributed by atoms with Gasteiger partial charge in [0.1, 0.15) is 5.82 Å². The predicted octanol–water partition coefficient (Wildman–Crippen LogP) is 1.62. The van der Waals surface area contributed by atoms with Crippen LogP contribution < -0.4 is 10.6 Å². The zero-order valence-electron chi connectivity index (χ0n) is 15.7. The predicted molar refractivity (Wildman–Crippen MR) is 104 cm³/mol. The van der Waals surface area contributed by atoms with E-state index in [0.717, 1.165) is 18.4 Å². The first-order chi connectivity index (χ1) is 12.9. The summed E-state index contributed by atoms with van der Waals surface area (Å²) in [7, 11) is -2.95. The van der Waals surface area contributed by atoms with Crippen LogP contribution in [0.1, 0.15) is 31.7 Å². The van der Waals surface area contributed by atoms with Gasteiger partial charge in [0, 0.05) is 31.2 Å². The van der Waals surface area contributed by atoms with Gasteiger partial charge in [0.25, 0.3) is 0 Å². The third-order valence-corrected chi connectivity index (χ3v) is 7.13. The van der Waals surface area contributed by atoms with Crippen LogP contribution in [-0.2, 0) is 20.0 Å². The molecule has 0 radical (unpaired) electrons. The third-order valence-electron chi connectivity index (χ3n) is 5.36. The topological polar surface area (TPSA) is 79.8 Å². The number of aliphatic imine (C=N–C) groups is 1. The normalized spacial score (nSPS) is 24.5. The van der Waals surface area contributed by atoms with E-state index in [-0.39, 0.29) is 28.8 Å². The van der Waals surface area contributed by atoms with Crippen molar-refractivity contribution in [1.82, 2.24) is 10.6 Å². The molecule has 2 aliphatic rings. The van der Waals surface area contributed by atoms with Gasteiger partial charge in [0.05, 0.1) is 18.1 Å². The lowest BCUT2D eigenvalue weighted by atomic mass is 9.74. The van der Waals surface area contributed by atoms with Gasteiger partial charge in [-0.1, -0.05) is 12.1 Å². The van der Waals surface area contributed by atoms with Crippen molar-refractivity contribution in [2.75, 3.05) is 37.8 Å². The summed E-state index contributed by atoms with van der Waals surface area (Å²) < 4.78 is 42.3. The second-order valence-electron chi connectivity index (χ2n) is 7.34. The van der Waals surface area contributed by atoms with Crippen molar-refractivity contribution in [3.63, 3.8) is 0 Å². The van der Waals surface area contributed by atoms with Crippen LogP contribution in [0.15, 0.2) is 29.3 Å². The Morgan fingerprint density at radius 1 is 1.30 bits per heavy atom. The molecule has 2 aliphatic heterocycles. The van der Waals surface area contributed by atoms with Crippen molar-refractivity contribution in [3.05, 3.63) is 35.6 Å². The van der Waals surface area contributed by atoms with E-state index in [1.54, 1.807) is 0 Å². The number of guanidine groups is 1. The standard InChI is InChI=1S/C19H28FN3O3S/c1-2-21-18(23-17-7-12-27(24,25)13-17)22-14-19(8-10-26-11-9-19)15-3-5-16(20)6-4-15/h3-6,17H,2,7-14H2,1H3,(H2,21,22,23). The van der Waals surface area contributed by atoms with Crippen LogP contribution in [0.4, 0.5) is 4.39 Å². The summed E-state index contributed by atoms with van der Waals surface area (Å²) in [5.74, 6) is 0.754. The molecule has 0 bridgehead atoms. The summed E-state index contributed by atoms with van der Waals surface area (Å²) in [5, 5.41) is 6.47. The van der Waals surface area contributed by atoms with Gasteiger partial charge in [0.2, 0.25) is 0 Å². The van der Waals surface area contributed by atoms with E-state index in [4.69, 9.17) is 9.73 Å². The maximum Gasteiger partial charge on any atom is 0.191 e. The molecular formula is C19H28FN3O3S. The maximum atomic E-state index is 13.4. The summed E-state index contributed by atoms with van der Waals surface area (Å²) in [4.78, 5) is 4.77. The minimum absolute atomic E-state index is 0.107. The number of nitrogens with one attached hydrogen (secondary N) is 2. The smallest absolute Gasteiger partial charge is 0.191 e. The van der Waals surface area contributed by atoms with Gasteiger partial charge in [-0.25, -0.2) is 12.8 Å². The van der Waals surface area contributed by atoms with Crippen LogP contribution >= 0.6 is 0 Å². The fraction of sp³-hybridized carbons (Fsp3) is 0.632. The molecule has 0 amide bonds. The lowest BCUT2D eigenvalue weighted by molar-refractivity contribution is 0.0530. The summed E-state index contributed by atoms with van der Waals surface area (Å²) in [6.45, 7) is 4.51. The van der Waals surface area contributed by atoms with Crippen LogP contribution in [0.2, 0.25) is 0 Å². The molecule has 6 nitrogen and oxygen atoms in total. The Kier molecular flexibility index (Phi) is 6.37. The molecule has 2 heterocycles. The molecule has 3 rings (SSSR count). The van der Waals surface area contributed by atoms with Gasteiger partial charge in [-0.2, -0.15) is 0 Å². The average molecular weight is 398 g/mol. The van der Waals surface area contributed by atoms with E-state index in [1.165, 1.54) is 12.1 Å². The van der Waals surface area contributed by atoms with Gasteiger partial charge in [-0.05, 0) is 43.9 Å². The number of halogens is 1. The Morgan fingerprint density at radius 3 is 2.59 bits per heavy atom. The number of ether oxygens (including phenoxy) is 1. The number of sulfone groups is 1. The molecule has 1 atom stereocenters. The molecule has 150 valence electrons. The molecular weight excluding hydrogens is 369 g/mol. The van der Waals surface area contributed by atoms with Gasteiger partial charge in [-0.3, -0.25) is 4.99 Å². The molecule has 2 fully saturated rings. The molecule has 2 N–H and O–H groups in total. The van der Waals surface area contributed by atoms with E-state index in [1.807, 2.05) is 19.1 Å². The third kappa shape index (κ3) is 5.19. The highest BCUT2D eigenvalue weighted by Gasteiger charge is 2.35. The van der Waals surface area contributed by atoms with Crippen molar-refractivity contribution in [1.29, 1.82) is 0 Å². The number of rotatable bonds is 5. The fourth-order valence-corrected chi connectivity index (χ4v) is 5.43. The van der Waals surface area contributed by atoms with E-state index in [2.05, 4.69) is 10.6 Å². The van der Waals surface area contributed by atoms with Crippen molar-refractivity contribution in [3.8, 4) is 0 Å². The van der Waals surface area contributed by atoms with E-state index in [0.29, 0.717) is 38.7 Å². The quantitative estimate of drug-likeness (QED) is 0.583. The highest BCUT2D eigenvalue weighted by atomic mass is 32.2. The summed E-state index contributed by atoms with van der Waals surface area (Å²) >= 11 is 0. The number of hydrogen-bond donors (Lipinski definition) is 2. The van der Waals surface area contributed by atoms with E-state index < -0.39 is 9.84 Å². The molecule has 1 aromatic rings. The second kappa shape index (κ2) is 8.56. The van der Waals surface area contributed by atoms with E-state index >= 15 is 0 Å². The minimum atomic E-state index is -2.95. The Labute approximate surface area is 160 Å². The van der Waals surface area contributed by atoms with Gasteiger partial charge in [0.15, 0.2) is 15.8 Å². The molecule has 1 unspecified atom stereocenters. The summed E-state index contributed by atoms with van der Waals surface area (Å²) in [6.07, 6.45) is 2.24. The SMILES string of the molecule is CCNC(=NCC1(c2ccc(F)cc2)CCOCC1)NC1CCS(=O)(=O)C1. The second-order valence-corrected chi connectivity index (χ2v) is 9.57. The molecule has 0 aliphatic carbocycles. The highest BCUT2D eigenvalue weighted by Crippen LogP contribution is 2.35.